The number of nitrogens with zero attached hydrogens (tertiary/aromatic N) is 2. The standard InChI is InChI=1S/2C24H21ClFNO2/c2*1-3-28-19-13-11-17(12-14-19)16-7-9-18(10-8-16)23-15(2)29-24(27-23)22-20(25)5-4-6-21(22)26/h2*4-15,23H,3H2,1-2H3/t15-,23-;/m1./s1. The second kappa shape index (κ2) is 18.3. The van der Waals surface area contributed by atoms with E-state index < -0.39 is 11.6 Å². The molecule has 8 rings (SSSR count). The van der Waals surface area contributed by atoms with Crippen LogP contribution in [0.5, 0.6) is 11.5 Å². The zero-order chi connectivity index (χ0) is 40.8. The Hall–Kier alpha value is -5.70. The summed E-state index contributed by atoms with van der Waals surface area (Å²) in [7, 11) is 0. The lowest BCUT2D eigenvalue weighted by molar-refractivity contribution is 0.213. The van der Waals surface area contributed by atoms with Crippen molar-refractivity contribution in [1.82, 2.24) is 0 Å². The lowest BCUT2D eigenvalue weighted by atomic mass is 9.99. The second-order valence-corrected chi connectivity index (χ2v) is 14.6. The Bertz CT molecular complexity index is 2190. The van der Waals surface area contributed by atoms with E-state index >= 15 is 0 Å². The summed E-state index contributed by atoms with van der Waals surface area (Å²) < 4.78 is 51.1. The fourth-order valence-electron chi connectivity index (χ4n) is 6.91. The van der Waals surface area contributed by atoms with Gasteiger partial charge < -0.3 is 18.9 Å². The minimum atomic E-state index is -0.435. The Morgan fingerprint density at radius 2 is 0.828 bits per heavy atom. The van der Waals surface area contributed by atoms with E-state index in [1.165, 1.54) is 12.1 Å². The van der Waals surface area contributed by atoms with Crippen molar-refractivity contribution in [2.45, 2.75) is 52.0 Å². The Kier molecular flexibility index (Phi) is 12.8. The van der Waals surface area contributed by atoms with Gasteiger partial charge in [0, 0.05) is 0 Å². The first-order valence-electron chi connectivity index (χ1n) is 19.2. The van der Waals surface area contributed by atoms with Gasteiger partial charge in [-0.15, -0.1) is 0 Å². The highest BCUT2D eigenvalue weighted by atomic mass is 35.5. The van der Waals surface area contributed by atoms with Crippen LogP contribution < -0.4 is 9.47 Å². The molecule has 0 aliphatic carbocycles. The maximum Gasteiger partial charge on any atom is 0.221 e. The van der Waals surface area contributed by atoms with Crippen LogP contribution in [0.2, 0.25) is 10.0 Å². The number of aliphatic imine (C=N–C) groups is 2. The molecule has 0 saturated heterocycles. The third-order valence-corrected chi connectivity index (χ3v) is 10.5. The van der Waals surface area contributed by atoms with E-state index in [1.807, 2.05) is 100 Å². The minimum absolute atomic E-state index is 0.211. The van der Waals surface area contributed by atoms with Gasteiger partial charge in [0.15, 0.2) is 0 Å². The first kappa shape index (κ1) is 40.5. The normalized spacial score (nSPS) is 18.3. The van der Waals surface area contributed by atoms with E-state index in [1.54, 1.807) is 24.3 Å². The average molecular weight is 820 g/mol. The van der Waals surface area contributed by atoms with Gasteiger partial charge in [-0.25, -0.2) is 18.8 Å². The number of ether oxygens (including phenoxy) is 4. The summed E-state index contributed by atoms with van der Waals surface area (Å²) in [4.78, 5) is 9.24. The fourth-order valence-corrected chi connectivity index (χ4v) is 7.40. The van der Waals surface area contributed by atoms with Gasteiger partial charge in [-0.2, -0.15) is 0 Å². The summed E-state index contributed by atoms with van der Waals surface area (Å²) in [5, 5.41) is 0.588. The van der Waals surface area contributed by atoms with Crippen LogP contribution >= 0.6 is 23.2 Å². The van der Waals surface area contributed by atoms with Crippen molar-refractivity contribution < 1.29 is 27.7 Å². The summed E-state index contributed by atoms with van der Waals surface area (Å²) in [5.41, 5.74) is 6.87. The molecule has 0 amide bonds. The molecule has 58 heavy (non-hydrogen) atoms. The van der Waals surface area contributed by atoms with Crippen LogP contribution in [0.25, 0.3) is 22.3 Å². The Morgan fingerprint density at radius 1 is 0.500 bits per heavy atom. The summed E-state index contributed by atoms with van der Waals surface area (Å²) >= 11 is 12.3. The van der Waals surface area contributed by atoms with Crippen molar-refractivity contribution in [3.63, 3.8) is 0 Å². The first-order valence-corrected chi connectivity index (χ1v) is 19.9. The van der Waals surface area contributed by atoms with Gasteiger partial charge in [-0.1, -0.05) is 108 Å². The molecule has 0 fully saturated rings. The number of benzene rings is 6. The number of hydrogen-bond acceptors (Lipinski definition) is 6. The van der Waals surface area contributed by atoms with Gasteiger partial charge >= 0.3 is 0 Å². The zero-order valence-electron chi connectivity index (χ0n) is 32.5. The van der Waals surface area contributed by atoms with E-state index in [0.29, 0.717) is 23.3 Å². The molecular formula is C48H42Cl2F2N2O4. The molecule has 0 saturated carbocycles. The van der Waals surface area contributed by atoms with Gasteiger partial charge in [0.05, 0.1) is 34.4 Å². The lowest BCUT2D eigenvalue weighted by Crippen LogP contribution is -2.13. The predicted molar refractivity (Wildman–Crippen MR) is 229 cm³/mol. The van der Waals surface area contributed by atoms with E-state index in [0.717, 1.165) is 44.9 Å². The third kappa shape index (κ3) is 9.04. The zero-order valence-corrected chi connectivity index (χ0v) is 34.0. The van der Waals surface area contributed by atoms with Crippen LogP contribution in [0.1, 0.15) is 62.0 Å². The van der Waals surface area contributed by atoms with Crippen molar-refractivity contribution in [3.05, 3.63) is 177 Å². The predicted octanol–water partition coefficient (Wildman–Crippen LogP) is 12.9. The fraction of sp³-hybridized carbons (Fsp3) is 0.208. The monoisotopic (exact) mass is 818 g/mol. The van der Waals surface area contributed by atoms with E-state index in [9.17, 15) is 8.78 Å². The molecule has 2 unspecified atom stereocenters. The molecule has 4 atom stereocenters. The van der Waals surface area contributed by atoms with Gasteiger partial charge in [-0.3, -0.25) is 0 Å². The number of hydrogen-bond donors (Lipinski definition) is 0. The van der Waals surface area contributed by atoms with Crippen LogP contribution in [0.3, 0.4) is 0 Å². The third-order valence-electron chi connectivity index (χ3n) is 9.85. The topological polar surface area (TPSA) is 61.6 Å². The summed E-state index contributed by atoms with van der Waals surface area (Å²) in [6.45, 7) is 9.09. The molecule has 10 heteroatoms. The number of rotatable bonds is 10. The minimum Gasteiger partial charge on any atom is -0.494 e. The van der Waals surface area contributed by atoms with Crippen LogP contribution in [0, 0.1) is 11.6 Å². The van der Waals surface area contributed by atoms with Gasteiger partial charge in [-0.05, 0) is 110 Å². The van der Waals surface area contributed by atoms with Crippen molar-refractivity contribution in [2.75, 3.05) is 13.2 Å². The molecule has 2 heterocycles. The largest absolute Gasteiger partial charge is 0.494 e. The van der Waals surface area contributed by atoms with Crippen molar-refractivity contribution >= 4 is 35.0 Å². The Balaban J connectivity index is 0.000000177. The van der Waals surface area contributed by atoms with E-state index in [4.69, 9.17) is 42.1 Å². The molecule has 2 aliphatic rings. The van der Waals surface area contributed by atoms with Gasteiger partial charge in [0.25, 0.3) is 0 Å². The molecule has 296 valence electrons. The second-order valence-electron chi connectivity index (χ2n) is 13.8. The lowest BCUT2D eigenvalue weighted by Gasteiger charge is -2.14. The van der Waals surface area contributed by atoms with E-state index in [2.05, 4.69) is 34.3 Å². The number of halogens is 4. The molecular weight excluding hydrogens is 777 g/mol. The maximum absolute atomic E-state index is 14.2. The molecule has 0 N–H and O–H groups in total. The highest BCUT2D eigenvalue weighted by molar-refractivity contribution is 6.34. The van der Waals surface area contributed by atoms with Crippen molar-refractivity contribution in [2.24, 2.45) is 9.98 Å². The molecule has 6 nitrogen and oxygen atoms in total. The molecule has 0 aromatic heterocycles. The Labute approximate surface area is 347 Å². The molecule has 0 radical (unpaired) electrons. The molecule has 6 aromatic carbocycles. The summed E-state index contributed by atoms with van der Waals surface area (Å²) in [5.74, 6) is 1.35. The molecule has 2 aliphatic heterocycles. The highest BCUT2D eigenvalue weighted by Gasteiger charge is 2.33. The maximum atomic E-state index is 14.2. The van der Waals surface area contributed by atoms with Crippen molar-refractivity contribution in [1.29, 1.82) is 0 Å². The highest BCUT2D eigenvalue weighted by Crippen LogP contribution is 2.36. The van der Waals surface area contributed by atoms with Crippen LogP contribution in [0.15, 0.2) is 143 Å². The quantitative estimate of drug-likeness (QED) is 0.138. The SMILES string of the molecule is CCOc1ccc(-c2ccc(C3N=C(c4c(F)cccc4Cl)OC3C)cc2)cc1.CCOc1ccc(-c2ccc([C@@H]3N=C(c4c(F)cccc4Cl)O[C@@H]3C)cc2)cc1. The molecule has 0 spiro atoms. The van der Waals surface area contributed by atoms with Gasteiger partial charge in [0.2, 0.25) is 11.8 Å². The van der Waals surface area contributed by atoms with Crippen LogP contribution in [-0.2, 0) is 9.47 Å². The average Bonchev–Trinajstić information content (AvgIpc) is 3.80. The van der Waals surface area contributed by atoms with Crippen LogP contribution in [-0.4, -0.2) is 37.2 Å². The smallest absolute Gasteiger partial charge is 0.221 e. The van der Waals surface area contributed by atoms with Crippen LogP contribution in [0.4, 0.5) is 8.78 Å². The summed E-state index contributed by atoms with van der Waals surface area (Å²) in [6.07, 6.45) is -0.422. The van der Waals surface area contributed by atoms with Gasteiger partial charge in [0.1, 0.15) is 47.4 Å². The molecule has 0 bridgehead atoms. The Morgan fingerprint density at radius 3 is 1.14 bits per heavy atom. The summed E-state index contributed by atoms with van der Waals surface area (Å²) in [6, 6.07) is 41.1. The first-order chi connectivity index (χ1) is 28.1. The van der Waals surface area contributed by atoms with Crippen molar-refractivity contribution in [3.8, 4) is 33.8 Å². The molecule has 6 aromatic rings. The van der Waals surface area contributed by atoms with E-state index in [-0.39, 0.29) is 47.2 Å².